The van der Waals surface area contributed by atoms with Gasteiger partial charge in [0.25, 0.3) is 0 Å². The number of hydrogen-bond acceptors (Lipinski definition) is 4. The van der Waals surface area contributed by atoms with Crippen molar-refractivity contribution in [1.82, 2.24) is 10.2 Å². The van der Waals surface area contributed by atoms with Gasteiger partial charge in [-0.1, -0.05) is 0 Å². The second-order valence-corrected chi connectivity index (χ2v) is 3.48. The highest BCUT2D eigenvalue weighted by atomic mass is 19.1. The predicted octanol–water partition coefficient (Wildman–Crippen LogP) is 1.95. The number of nitrogens with two attached hydrogens (primary N) is 1. The molecule has 0 saturated carbocycles. The Morgan fingerprint density at radius 3 is 2.39 bits per heavy atom. The number of methoxy groups -OCH3 is 2. The topological polar surface area (TPSA) is 73.2 Å². The van der Waals surface area contributed by atoms with Crippen molar-refractivity contribution < 1.29 is 18.3 Å². The lowest BCUT2D eigenvalue weighted by molar-refractivity contribution is 0.334. The van der Waals surface area contributed by atoms with E-state index in [9.17, 15) is 8.78 Å². The van der Waals surface area contributed by atoms with E-state index in [0.717, 1.165) is 0 Å². The number of anilines is 1. The van der Waals surface area contributed by atoms with Gasteiger partial charge < -0.3 is 15.2 Å². The van der Waals surface area contributed by atoms with E-state index in [2.05, 4.69) is 10.2 Å². The zero-order valence-corrected chi connectivity index (χ0v) is 9.75. The van der Waals surface area contributed by atoms with E-state index >= 15 is 0 Å². The molecule has 1 heterocycles. The minimum Gasteiger partial charge on any atom is -0.494 e. The van der Waals surface area contributed by atoms with Crippen LogP contribution in [0.3, 0.4) is 0 Å². The molecule has 0 aliphatic rings. The first kappa shape index (κ1) is 12.2. The van der Waals surface area contributed by atoms with Crippen LogP contribution >= 0.6 is 0 Å². The van der Waals surface area contributed by atoms with Crippen molar-refractivity contribution in [3.8, 4) is 22.6 Å². The Labute approximate surface area is 102 Å². The molecule has 7 heteroatoms. The van der Waals surface area contributed by atoms with Crippen LogP contribution in [0.1, 0.15) is 0 Å². The van der Waals surface area contributed by atoms with Crippen molar-refractivity contribution in [2.75, 3.05) is 20.0 Å². The molecule has 0 aliphatic heterocycles. The Morgan fingerprint density at radius 2 is 1.89 bits per heavy atom. The zero-order chi connectivity index (χ0) is 13.3. The SMILES string of the molecule is COc1cc(-c2cn[nH]c2N)c(F)c(OC)c1F. The van der Waals surface area contributed by atoms with E-state index in [-0.39, 0.29) is 17.1 Å². The van der Waals surface area contributed by atoms with Crippen molar-refractivity contribution >= 4 is 5.82 Å². The third kappa shape index (κ3) is 1.73. The summed E-state index contributed by atoms with van der Waals surface area (Å²) in [4.78, 5) is 0. The van der Waals surface area contributed by atoms with E-state index in [1.807, 2.05) is 0 Å². The third-order valence-electron chi connectivity index (χ3n) is 2.51. The third-order valence-corrected chi connectivity index (χ3v) is 2.51. The average Bonchev–Trinajstić information content (AvgIpc) is 2.77. The van der Waals surface area contributed by atoms with Gasteiger partial charge in [0.15, 0.2) is 17.3 Å². The standard InChI is InChI=1S/C11H11F2N3O2/c1-17-7-3-5(6-4-15-16-11(6)14)8(12)10(18-2)9(7)13/h3-4H,1-2H3,(H3,14,15,16). The Morgan fingerprint density at radius 1 is 1.17 bits per heavy atom. The van der Waals surface area contributed by atoms with Gasteiger partial charge in [-0.05, 0) is 6.07 Å². The highest BCUT2D eigenvalue weighted by Crippen LogP contribution is 2.38. The summed E-state index contributed by atoms with van der Waals surface area (Å²) in [6.45, 7) is 0. The Hall–Kier alpha value is -2.31. The zero-order valence-electron chi connectivity index (χ0n) is 9.75. The van der Waals surface area contributed by atoms with Crippen LogP contribution in [-0.4, -0.2) is 24.4 Å². The summed E-state index contributed by atoms with van der Waals surface area (Å²) in [7, 11) is 2.45. The predicted molar refractivity (Wildman–Crippen MR) is 61.5 cm³/mol. The molecule has 0 radical (unpaired) electrons. The summed E-state index contributed by atoms with van der Waals surface area (Å²) in [5, 5.41) is 6.15. The van der Waals surface area contributed by atoms with Gasteiger partial charge in [0, 0.05) is 11.1 Å². The number of aromatic amines is 1. The summed E-state index contributed by atoms with van der Waals surface area (Å²) >= 11 is 0. The number of H-pyrrole nitrogens is 1. The minimum atomic E-state index is -0.900. The molecule has 18 heavy (non-hydrogen) atoms. The Bertz CT molecular complexity index is 584. The highest BCUT2D eigenvalue weighted by molar-refractivity contribution is 5.76. The normalized spacial score (nSPS) is 10.4. The summed E-state index contributed by atoms with van der Waals surface area (Å²) in [5.74, 6) is -2.24. The van der Waals surface area contributed by atoms with Gasteiger partial charge in [0.2, 0.25) is 5.82 Å². The molecule has 0 saturated heterocycles. The van der Waals surface area contributed by atoms with Gasteiger partial charge in [0.1, 0.15) is 5.82 Å². The molecule has 0 atom stereocenters. The molecular formula is C11H11F2N3O2. The second kappa shape index (κ2) is 4.52. The van der Waals surface area contributed by atoms with E-state index in [1.165, 1.54) is 26.5 Å². The molecule has 2 aromatic rings. The average molecular weight is 255 g/mol. The van der Waals surface area contributed by atoms with Crippen LogP contribution < -0.4 is 15.2 Å². The molecule has 96 valence electrons. The largest absolute Gasteiger partial charge is 0.494 e. The lowest BCUT2D eigenvalue weighted by Crippen LogP contribution is -2.00. The molecule has 5 nitrogen and oxygen atoms in total. The van der Waals surface area contributed by atoms with Gasteiger partial charge in [-0.15, -0.1) is 0 Å². The number of nitrogens with zero attached hydrogens (tertiary/aromatic N) is 1. The van der Waals surface area contributed by atoms with Gasteiger partial charge >= 0.3 is 0 Å². The maximum atomic E-state index is 14.1. The van der Waals surface area contributed by atoms with Crippen LogP contribution in [-0.2, 0) is 0 Å². The van der Waals surface area contributed by atoms with Gasteiger partial charge in [0.05, 0.1) is 20.4 Å². The number of benzene rings is 1. The van der Waals surface area contributed by atoms with Crippen molar-refractivity contribution in [3.05, 3.63) is 23.9 Å². The molecule has 0 unspecified atom stereocenters. The van der Waals surface area contributed by atoms with E-state index in [0.29, 0.717) is 5.56 Å². The number of ether oxygens (including phenoxy) is 2. The number of halogens is 2. The number of rotatable bonds is 3. The minimum absolute atomic E-state index is 0.0522. The maximum Gasteiger partial charge on any atom is 0.209 e. The number of nitrogens with one attached hydrogen (secondary N) is 1. The molecule has 2 rings (SSSR count). The monoisotopic (exact) mass is 255 g/mol. The van der Waals surface area contributed by atoms with Crippen molar-refractivity contribution in [3.63, 3.8) is 0 Å². The van der Waals surface area contributed by atoms with Crippen LogP contribution in [0, 0.1) is 11.6 Å². The van der Waals surface area contributed by atoms with E-state index in [4.69, 9.17) is 15.2 Å². The molecule has 0 spiro atoms. The first-order valence-electron chi connectivity index (χ1n) is 4.99. The molecular weight excluding hydrogens is 244 g/mol. The first-order valence-corrected chi connectivity index (χ1v) is 4.99. The summed E-state index contributed by atoms with van der Waals surface area (Å²) in [6, 6.07) is 1.20. The van der Waals surface area contributed by atoms with Gasteiger partial charge in [-0.25, -0.2) is 4.39 Å². The van der Waals surface area contributed by atoms with Crippen LogP contribution in [0.5, 0.6) is 11.5 Å². The lowest BCUT2D eigenvalue weighted by atomic mass is 10.1. The highest BCUT2D eigenvalue weighted by Gasteiger charge is 2.22. The fourth-order valence-corrected chi connectivity index (χ4v) is 1.62. The van der Waals surface area contributed by atoms with Crippen LogP contribution in [0.4, 0.5) is 14.6 Å². The number of hydrogen-bond donors (Lipinski definition) is 2. The molecule has 0 bridgehead atoms. The van der Waals surface area contributed by atoms with Crippen molar-refractivity contribution in [1.29, 1.82) is 0 Å². The van der Waals surface area contributed by atoms with Crippen LogP contribution in [0.2, 0.25) is 0 Å². The number of nitrogen functional groups attached to an aromatic ring is 1. The van der Waals surface area contributed by atoms with E-state index in [1.54, 1.807) is 0 Å². The first-order chi connectivity index (χ1) is 8.60. The van der Waals surface area contributed by atoms with Gasteiger partial charge in [-0.3, -0.25) is 5.10 Å². The Balaban J connectivity index is 2.72. The van der Waals surface area contributed by atoms with Crippen molar-refractivity contribution in [2.24, 2.45) is 0 Å². The lowest BCUT2D eigenvalue weighted by Gasteiger charge is -2.11. The summed E-state index contributed by atoms with van der Waals surface area (Å²) in [5.41, 5.74) is 5.96. The van der Waals surface area contributed by atoms with Gasteiger partial charge in [-0.2, -0.15) is 9.49 Å². The Kier molecular flexibility index (Phi) is 3.05. The molecule has 0 aliphatic carbocycles. The fourth-order valence-electron chi connectivity index (χ4n) is 1.62. The molecule has 3 N–H and O–H groups in total. The van der Waals surface area contributed by atoms with Crippen LogP contribution in [0.15, 0.2) is 12.3 Å². The fraction of sp³-hybridized carbons (Fsp3) is 0.182. The molecule has 0 fully saturated rings. The molecule has 1 aromatic carbocycles. The summed E-state index contributed by atoms with van der Waals surface area (Å²) in [6.07, 6.45) is 1.34. The smallest absolute Gasteiger partial charge is 0.209 e. The summed E-state index contributed by atoms with van der Waals surface area (Å²) < 4.78 is 37.3. The number of aromatic nitrogens is 2. The maximum absolute atomic E-state index is 14.1. The molecule has 0 amide bonds. The quantitative estimate of drug-likeness (QED) is 0.879. The van der Waals surface area contributed by atoms with Crippen LogP contribution in [0.25, 0.3) is 11.1 Å². The second-order valence-electron chi connectivity index (χ2n) is 3.48. The van der Waals surface area contributed by atoms with Crippen molar-refractivity contribution in [2.45, 2.75) is 0 Å². The molecule has 1 aromatic heterocycles. The van der Waals surface area contributed by atoms with E-state index < -0.39 is 17.4 Å².